The van der Waals surface area contributed by atoms with Crippen LogP contribution in [0, 0.1) is 6.92 Å². The molecule has 0 amide bonds. The molecule has 2 rings (SSSR count). The molecule has 1 aromatic rings. The standard InChI is InChI=1S/C11H17NS2/c1-8-6-9(7-14-8)11(12)10-4-2-3-5-13-10/h6-7,10-11H,2-5,12H2,1H3. The zero-order valence-electron chi connectivity index (χ0n) is 8.53. The molecule has 0 aromatic carbocycles. The van der Waals surface area contributed by atoms with Crippen molar-refractivity contribution in [2.75, 3.05) is 5.75 Å². The van der Waals surface area contributed by atoms with E-state index in [1.54, 1.807) is 0 Å². The Balaban J connectivity index is 2.03. The van der Waals surface area contributed by atoms with Crippen molar-refractivity contribution in [1.29, 1.82) is 0 Å². The minimum Gasteiger partial charge on any atom is -0.323 e. The maximum absolute atomic E-state index is 6.27. The Kier molecular flexibility index (Phi) is 3.52. The average Bonchev–Trinajstić information content (AvgIpc) is 2.65. The molecule has 0 bridgehead atoms. The van der Waals surface area contributed by atoms with Crippen molar-refractivity contribution < 1.29 is 0 Å². The van der Waals surface area contributed by atoms with Gasteiger partial charge in [0, 0.05) is 16.2 Å². The molecule has 0 aliphatic carbocycles. The summed E-state index contributed by atoms with van der Waals surface area (Å²) in [6.45, 7) is 2.15. The molecule has 2 N–H and O–H groups in total. The summed E-state index contributed by atoms with van der Waals surface area (Å²) in [5.74, 6) is 1.29. The maximum Gasteiger partial charge on any atom is 0.0423 e. The second-order valence-electron chi connectivity index (χ2n) is 3.92. The van der Waals surface area contributed by atoms with E-state index in [-0.39, 0.29) is 6.04 Å². The van der Waals surface area contributed by atoms with Crippen LogP contribution in [0.2, 0.25) is 0 Å². The second kappa shape index (κ2) is 4.69. The Hall–Kier alpha value is 0.01000. The van der Waals surface area contributed by atoms with E-state index in [2.05, 4.69) is 30.1 Å². The molecular formula is C11H17NS2. The molecule has 0 saturated carbocycles. The third kappa shape index (κ3) is 2.33. The van der Waals surface area contributed by atoms with E-state index in [0.29, 0.717) is 5.25 Å². The third-order valence-electron chi connectivity index (χ3n) is 2.75. The summed E-state index contributed by atoms with van der Waals surface area (Å²) in [5.41, 5.74) is 7.61. The van der Waals surface area contributed by atoms with E-state index in [1.807, 2.05) is 11.3 Å². The summed E-state index contributed by atoms with van der Waals surface area (Å²) < 4.78 is 0. The Morgan fingerprint density at radius 1 is 1.50 bits per heavy atom. The normalized spacial score (nSPS) is 24.9. The molecule has 1 nitrogen and oxygen atoms in total. The van der Waals surface area contributed by atoms with Crippen LogP contribution in [0.25, 0.3) is 0 Å². The largest absolute Gasteiger partial charge is 0.323 e. The van der Waals surface area contributed by atoms with Crippen molar-refractivity contribution in [2.45, 2.75) is 37.5 Å². The minimum atomic E-state index is 0.255. The van der Waals surface area contributed by atoms with E-state index in [0.717, 1.165) is 0 Å². The summed E-state index contributed by atoms with van der Waals surface area (Å²) in [6, 6.07) is 2.50. The summed E-state index contributed by atoms with van der Waals surface area (Å²) >= 11 is 3.86. The van der Waals surface area contributed by atoms with Gasteiger partial charge in [-0.05, 0) is 42.5 Å². The Labute approximate surface area is 94.1 Å². The van der Waals surface area contributed by atoms with Crippen molar-refractivity contribution in [1.82, 2.24) is 0 Å². The summed E-state index contributed by atoms with van der Waals surface area (Å²) in [5, 5.41) is 2.87. The first-order chi connectivity index (χ1) is 6.77. The van der Waals surface area contributed by atoms with Crippen LogP contribution in [-0.4, -0.2) is 11.0 Å². The summed E-state index contributed by atoms with van der Waals surface area (Å²) in [4.78, 5) is 1.37. The number of rotatable bonds is 2. The van der Waals surface area contributed by atoms with Gasteiger partial charge in [-0.3, -0.25) is 0 Å². The third-order valence-corrected chi connectivity index (χ3v) is 5.11. The topological polar surface area (TPSA) is 26.0 Å². The second-order valence-corrected chi connectivity index (χ2v) is 6.38. The lowest BCUT2D eigenvalue weighted by molar-refractivity contribution is 0.583. The molecule has 78 valence electrons. The van der Waals surface area contributed by atoms with Gasteiger partial charge >= 0.3 is 0 Å². The molecule has 0 spiro atoms. The summed E-state index contributed by atoms with van der Waals surface area (Å²) in [6.07, 6.45) is 4.02. The highest BCUT2D eigenvalue weighted by Gasteiger charge is 2.22. The minimum absolute atomic E-state index is 0.255. The van der Waals surface area contributed by atoms with Gasteiger partial charge < -0.3 is 5.73 Å². The van der Waals surface area contributed by atoms with Crippen molar-refractivity contribution in [2.24, 2.45) is 5.73 Å². The fraction of sp³-hybridized carbons (Fsp3) is 0.636. The molecule has 2 atom stereocenters. The van der Waals surface area contributed by atoms with Gasteiger partial charge in [0.15, 0.2) is 0 Å². The van der Waals surface area contributed by atoms with E-state index in [9.17, 15) is 0 Å². The number of hydrogen-bond donors (Lipinski definition) is 1. The predicted octanol–water partition coefficient (Wildman–Crippen LogP) is 3.34. The zero-order valence-corrected chi connectivity index (χ0v) is 10.2. The Bertz CT molecular complexity index is 289. The van der Waals surface area contributed by atoms with Crippen LogP contribution in [0.1, 0.15) is 35.7 Å². The number of hydrogen-bond acceptors (Lipinski definition) is 3. The number of nitrogens with two attached hydrogens (primary N) is 1. The molecule has 2 unspecified atom stereocenters. The molecule has 2 heterocycles. The fourth-order valence-corrected chi connectivity index (χ4v) is 4.02. The molecule has 3 heteroatoms. The molecular weight excluding hydrogens is 210 g/mol. The highest BCUT2D eigenvalue weighted by Crippen LogP contribution is 2.34. The highest BCUT2D eigenvalue weighted by atomic mass is 32.2. The number of aryl methyl sites for hydroxylation is 1. The first-order valence-corrected chi connectivity index (χ1v) is 7.12. The molecule has 1 aliphatic rings. The van der Waals surface area contributed by atoms with E-state index >= 15 is 0 Å². The van der Waals surface area contributed by atoms with Crippen LogP contribution in [0.5, 0.6) is 0 Å². The van der Waals surface area contributed by atoms with E-state index in [1.165, 1.54) is 35.5 Å². The first kappa shape index (κ1) is 10.5. The number of thiophene rings is 1. The lowest BCUT2D eigenvalue weighted by Crippen LogP contribution is -2.25. The SMILES string of the molecule is Cc1cc(C(N)C2CCCCS2)cs1. The van der Waals surface area contributed by atoms with E-state index < -0.39 is 0 Å². The van der Waals surface area contributed by atoms with Gasteiger partial charge in [-0.15, -0.1) is 11.3 Å². The van der Waals surface area contributed by atoms with Crippen molar-refractivity contribution >= 4 is 23.1 Å². The quantitative estimate of drug-likeness (QED) is 0.838. The summed E-state index contributed by atoms with van der Waals surface area (Å²) in [7, 11) is 0. The zero-order chi connectivity index (χ0) is 9.97. The predicted molar refractivity (Wildman–Crippen MR) is 66.1 cm³/mol. The lowest BCUT2D eigenvalue weighted by atomic mass is 10.0. The van der Waals surface area contributed by atoms with Crippen molar-refractivity contribution in [3.8, 4) is 0 Å². The van der Waals surface area contributed by atoms with Gasteiger partial charge in [0.2, 0.25) is 0 Å². The molecule has 1 saturated heterocycles. The number of thioether (sulfide) groups is 1. The van der Waals surface area contributed by atoms with Crippen LogP contribution < -0.4 is 5.73 Å². The molecule has 1 fully saturated rings. The smallest absolute Gasteiger partial charge is 0.0423 e. The van der Waals surface area contributed by atoms with Crippen LogP contribution in [-0.2, 0) is 0 Å². The monoisotopic (exact) mass is 227 g/mol. The van der Waals surface area contributed by atoms with Gasteiger partial charge in [-0.2, -0.15) is 11.8 Å². The molecule has 0 radical (unpaired) electrons. The van der Waals surface area contributed by atoms with Crippen LogP contribution in [0.3, 0.4) is 0 Å². The fourth-order valence-electron chi connectivity index (χ4n) is 1.90. The average molecular weight is 227 g/mol. The lowest BCUT2D eigenvalue weighted by Gasteiger charge is -2.26. The Morgan fingerprint density at radius 2 is 2.36 bits per heavy atom. The van der Waals surface area contributed by atoms with E-state index in [4.69, 9.17) is 5.73 Å². The maximum atomic E-state index is 6.27. The highest BCUT2D eigenvalue weighted by molar-refractivity contribution is 8.00. The molecule has 1 aromatic heterocycles. The molecule has 14 heavy (non-hydrogen) atoms. The van der Waals surface area contributed by atoms with Gasteiger partial charge in [0.25, 0.3) is 0 Å². The van der Waals surface area contributed by atoms with Gasteiger partial charge in [0.1, 0.15) is 0 Å². The first-order valence-electron chi connectivity index (χ1n) is 5.19. The Morgan fingerprint density at radius 3 is 2.93 bits per heavy atom. The van der Waals surface area contributed by atoms with Crippen molar-refractivity contribution in [3.05, 3.63) is 21.9 Å². The molecule has 1 aliphatic heterocycles. The van der Waals surface area contributed by atoms with Gasteiger partial charge in [-0.1, -0.05) is 6.42 Å². The van der Waals surface area contributed by atoms with Crippen LogP contribution >= 0.6 is 23.1 Å². The van der Waals surface area contributed by atoms with Crippen LogP contribution in [0.15, 0.2) is 11.4 Å². The van der Waals surface area contributed by atoms with Gasteiger partial charge in [-0.25, -0.2) is 0 Å². The van der Waals surface area contributed by atoms with Gasteiger partial charge in [0.05, 0.1) is 0 Å². The van der Waals surface area contributed by atoms with Crippen LogP contribution in [0.4, 0.5) is 0 Å². The van der Waals surface area contributed by atoms with Crippen molar-refractivity contribution in [3.63, 3.8) is 0 Å².